The summed E-state index contributed by atoms with van der Waals surface area (Å²) in [4.78, 5) is 12.7. The second-order valence-electron chi connectivity index (χ2n) is 9.35. The van der Waals surface area contributed by atoms with Gasteiger partial charge in [-0.25, -0.2) is 0 Å². The first-order valence-electron chi connectivity index (χ1n) is 13.0. The zero-order valence-corrected chi connectivity index (χ0v) is 22.0. The highest BCUT2D eigenvalue weighted by Gasteiger charge is 2.10. The van der Waals surface area contributed by atoms with Crippen LogP contribution in [-0.2, 0) is 0 Å². The van der Waals surface area contributed by atoms with Gasteiger partial charge in [0.1, 0.15) is 0 Å². The summed E-state index contributed by atoms with van der Waals surface area (Å²) in [5, 5.41) is 0. The highest BCUT2D eigenvalue weighted by Crippen LogP contribution is 2.20. The van der Waals surface area contributed by atoms with Crippen LogP contribution in [0.2, 0.25) is 0 Å². The van der Waals surface area contributed by atoms with Gasteiger partial charge in [-0.05, 0) is 46.9 Å². The molecule has 4 aromatic carbocycles. The quantitative estimate of drug-likeness (QED) is 0.161. The van der Waals surface area contributed by atoms with Gasteiger partial charge in [-0.1, -0.05) is 179 Å². The zero-order chi connectivity index (χ0) is 25.8. The van der Waals surface area contributed by atoms with E-state index in [1.807, 2.05) is 54.6 Å². The number of rotatable bonds is 8. The van der Waals surface area contributed by atoms with E-state index in [1.165, 1.54) is 17.5 Å². The van der Waals surface area contributed by atoms with Gasteiger partial charge in [0, 0.05) is 11.1 Å². The topological polar surface area (TPSA) is 17.1 Å². The van der Waals surface area contributed by atoms with Gasteiger partial charge in [0.25, 0.3) is 0 Å². The standard InChI is InChI=1S/C25H24O.C10H14.4CH4/c1-3-19(2)22-15-17-24(18-16-22)25(26)23-13-11-21(12-14-23)10-9-20-7-5-4-6-8-20;1-3-9(2)10-7-5-4-6-8-10;;;;/h4-19H,3H2,1-2H3;4-9H,3H2,1-2H3;4*1H4. The van der Waals surface area contributed by atoms with E-state index in [1.54, 1.807) is 0 Å². The number of ketones is 1. The number of carbonyl (C=O) groups is 1. The van der Waals surface area contributed by atoms with Gasteiger partial charge in [-0.15, -0.1) is 0 Å². The molecule has 0 spiro atoms. The molecule has 2 unspecified atom stereocenters. The molecule has 4 aromatic rings. The lowest BCUT2D eigenvalue weighted by Gasteiger charge is -2.09. The molecule has 40 heavy (non-hydrogen) atoms. The maximum atomic E-state index is 12.7. The molecule has 0 aliphatic carbocycles. The van der Waals surface area contributed by atoms with Gasteiger partial charge < -0.3 is 0 Å². The van der Waals surface area contributed by atoms with Crippen LogP contribution in [-0.4, -0.2) is 5.78 Å². The fourth-order valence-electron chi connectivity index (χ4n) is 3.88. The Kier molecular flexibility index (Phi) is 19.4. The van der Waals surface area contributed by atoms with E-state index >= 15 is 0 Å². The summed E-state index contributed by atoms with van der Waals surface area (Å²) >= 11 is 0. The number of carbonyl (C=O) groups excluding carboxylic acids is 1. The molecule has 0 aliphatic heterocycles. The first-order valence-corrected chi connectivity index (χ1v) is 13.0. The number of hydrogen-bond donors (Lipinski definition) is 0. The predicted molar refractivity (Wildman–Crippen MR) is 182 cm³/mol. The predicted octanol–water partition coefficient (Wildman–Crippen LogP) is 12.3. The third-order valence-electron chi connectivity index (χ3n) is 6.78. The first-order chi connectivity index (χ1) is 17.5. The van der Waals surface area contributed by atoms with Crippen LogP contribution < -0.4 is 0 Å². The van der Waals surface area contributed by atoms with Crippen molar-refractivity contribution in [3.8, 4) is 0 Å². The van der Waals surface area contributed by atoms with Crippen molar-refractivity contribution < 1.29 is 4.79 Å². The van der Waals surface area contributed by atoms with E-state index in [-0.39, 0.29) is 35.5 Å². The smallest absolute Gasteiger partial charge is 0.193 e. The summed E-state index contributed by atoms with van der Waals surface area (Å²) in [5.41, 5.74) is 6.44. The highest BCUT2D eigenvalue weighted by molar-refractivity contribution is 6.09. The molecule has 1 nitrogen and oxygen atoms in total. The molecule has 0 saturated heterocycles. The van der Waals surface area contributed by atoms with Crippen molar-refractivity contribution in [3.63, 3.8) is 0 Å². The molecule has 0 N–H and O–H groups in total. The second-order valence-corrected chi connectivity index (χ2v) is 9.35. The molecule has 0 radical (unpaired) electrons. The lowest BCUT2D eigenvalue weighted by atomic mass is 9.95. The maximum Gasteiger partial charge on any atom is 0.193 e. The fourth-order valence-corrected chi connectivity index (χ4v) is 3.88. The van der Waals surface area contributed by atoms with Crippen molar-refractivity contribution in [3.05, 3.63) is 143 Å². The van der Waals surface area contributed by atoms with Crippen LogP contribution in [0.1, 0.15) is 120 Å². The normalized spacial score (nSPS) is 11.2. The van der Waals surface area contributed by atoms with Gasteiger partial charge in [-0.2, -0.15) is 0 Å². The molecular weight excluding hydrogens is 484 g/mol. The van der Waals surface area contributed by atoms with Crippen LogP contribution in [0.25, 0.3) is 12.2 Å². The maximum absolute atomic E-state index is 12.7. The average Bonchev–Trinajstić information content (AvgIpc) is 2.96. The van der Waals surface area contributed by atoms with Crippen molar-refractivity contribution in [1.82, 2.24) is 0 Å². The monoisotopic (exact) mass is 538 g/mol. The van der Waals surface area contributed by atoms with Crippen LogP contribution in [0.4, 0.5) is 0 Å². The van der Waals surface area contributed by atoms with Gasteiger partial charge in [-0.3, -0.25) is 4.79 Å². The molecule has 216 valence electrons. The van der Waals surface area contributed by atoms with Crippen molar-refractivity contribution >= 4 is 17.9 Å². The third-order valence-corrected chi connectivity index (χ3v) is 6.78. The lowest BCUT2D eigenvalue weighted by Crippen LogP contribution is -2.02. The van der Waals surface area contributed by atoms with Crippen LogP contribution in [0, 0.1) is 0 Å². The Labute approximate surface area is 247 Å². The summed E-state index contributed by atoms with van der Waals surface area (Å²) in [5.74, 6) is 1.30. The zero-order valence-electron chi connectivity index (χ0n) is 22.0. The molecule has 2 atom stereocenters. The van der Waals surface area contributed by atoms with E-state index in [4.69, 9.17) is 0 Å². The Balaban J connectivity index is 0. The minimum absolute atomic E-state index is 0. The van der Waals surface area contributed by atoms with Gasteiger partial charge >= 0.3 is 0 Å². The van der Waals surface area contributed by atoms with Crippen molar-refractivity contribution in [2.24, 2.45) is 0 Å². The molecule has 0 heterocycles. The molecule has 0 bridgehead atoms. The number of benzene rings is 4. The van der Waals surface area contributed by atoms with Crippen molar-refractivity contribution in [2.45, 2.75) is 82.1 Å². The Bertz CT molecular complexity index is 1200. The average molecular weight is 539 g/mol. The van der Waals surface area contributed by atoms with E-state index in [0.717, 1.165) is 28.7 Å². The summed E-state index contributed by atoms with van der Waals surface area (Å²) < 4.78 is 0. The second kappa shape index (κ2) is 20.2. The summed E-state index contributed by atoms with van der Waals surface area (Å²) in [6.07, 6.45) is 6.46. The minimum atomic E-state index is 0. The lowest BCUT2D eigenvalue weighted by molar-refractivity contribution is 0.103. The Hall–Kier alpha value is -3.71. The molecular formula is C39H54O. The van der Waals surface area contributed by atoms with E-state index < -0.39 is 0 Å². The van der Waals surface area contributed by atoms with Crippen molar-refractivity contribution in [1.29, 1.82) is 0 Å². The molecule has 0 saturated carbocycles. The van der Waals surface area contributed by atoms with Crippen LogP contribution in [0.3, 0.4) is 0 Å². The number of hydrogen-bond acceptors (Lipinski definition) is 1. The van der Waals surface area contributed by atoms with E-state index in [2.05, 4.69) is 94.4 Å². The van der Waals surface area contributed by atoms with Gasteiger partial charge in [0.05, 0.1) is 0 Å². The third kappa shape index (κ3) is 11.6. The fraction of sp³-hybridized carbons (Fsp3) is 0.308. The van der Waals surface area contributed by atoms with E-state index in [9.17, 15) is 4.79 Å². The largest absolute Gasteiger partial charge is 0.289 e. The van der Waals surface area contributed by atoms with Gasteiger partial charge in [0.2, 0.25) is 0 Å². The van der Waals surface area contributed by atoms with Crippen LogP contribution >= 0.6 is 0 Å². The van der Waals surface area contributed by atoms with Crippen molar-refractivity contribution in [2.75, 3.05) is 0 Å². The highest BCUT2D eigenvalue weighted by atomic mass is 16.1. The first kappa shape index (κ1) is 38.4. The molecule has 4 rings (SSSR count). The Morgan fingerprint density at radius 2 is 0.875 bits per heavy atom. The Morgan fingerprint density at radius 1 is 0.525 bits per heavy atom. The molecule has 0 aromatic heterocycles. The molecule has 1 heteroatoms. The molecule has 0 aliphatic rings. The van der Waals surface area contributed by atoms with Gasteiger partial charge in [0.15, 0.2) is 5.78 Å². The summed E-state index contributed by atoms with van der Waals surface area (Å²) in [7, 11) is 0. The Morgan fingerprint density at radius 3 is 1.30 bits per heavy atom. The van der Waals surface area contributed by atoms with Crippen LogP contribution in [0.15, 0.2) is 109 Å². The summed E-state index contributed by atoms with van der Waals surface area (Å²) in [6, 6.07) is 36.6. The van der Waals surface area contributed by atoms with E-state index in [0.29, 0.717) is 11.8 Å². The summed E-state index contributed by atoms with van der Waals surface area (Å²) in [6.45, 7) is 8.86. The molecule has 0 amide bonds. The minimum Gasteiger partial charge on any atom is -0.289 e. The molecule has 0 fully saturated rings. The SMILES string of the molecule is C.C.C.C.CCC(C)c1ccc(C(=O)c2ccc(C=Cc3ccccc3)cc2)cc1.CCC(C)c1ccccc1. The van der Waals surface area contributed by atoms with Crippen LogP contribution in [0.5, 0.6) is 0 Å².